The molecule has 0 saturated carbocycles. The van der Waals surface area contributed by atoms with E-state index in [1.54, 1.807) is 18.2 Å². The molecule has 26 heavy (non-hydrogen) atoms. The van der Waals surface area contributed by atoms with Crippen LogP contribution >= 0.6 is 0 Å². The van der Waals surface area contributed by atoms with Gasteiger partial charge in [-0.1, -0.05) is 78.9 Å². The summed E-state index contributed by atoms with van der Waals surface area (Å²) >= 11 is 0. The summed E-state index contributed by atoms with van der Waals surface area (Å²) in [6.07, 6.45) is 0.801. The van der Waals surface area contributed by atoms with Crippen molar-refractivity contribution >= 4 is 11.9 Å². The lowest BCUT2D eigenvalue weighted by Crippen LogP contribution is -2.14. The van der Waals surface area contributed by atoms with Gasteiger partial charge in [0, 0.05) is 11.1 Å². The van der Waals surface area contributed by atoms with Crippen LogP contribution in [0.5, 0.6) is 0 Å². The van der Waals surface area contributed by atoms with E-state index in [0.717, 1.165) is 22.3 Å². The average molecular weight is 342 g/mol. The molecule has 130 valence electrons. The first kappa shape index (κ1) is 17.8. The van der Waals surface area contributed by atoms with Crippen LogP contribution in [0, 0.1) is 13.8 Å². The number of ketones is 1. The van der Waals surface area contributed by atoms with E-state index in [-0.39, 0.29) is 5.78 Å². The molecule has 0 radical (unpaired) electrons. The SMILES string of the molecule is Cc1cccc(C)c1C(O)/C(=C/c1ccccc1)C(=O)c1ccccc1. The van der Waals surface area contributed by atoms with Gasteiger partial charge < -0.3 is 5.11 Å². The largest absolute Gasteiger partial charge is 0.383 e. The Morgan fingerprint density at radius 3 is 1.92 bits per heavy atom. The molecule has 0 aromatic heterocycles. The van der Waals surface area contributed by atoms with Crippen molar-refractivity contribution in [2.24, 2.45) is 0 Å². The molecule has 0 aliphatic heterocycles. The second kappa shape index (κ2) is 7.94. The molecule has 1 N–H and O–H groups in total. The summed E-state index contributed by atoms with van der Waals surface area (Å²) in [7, 11) is 0. The van der Waals surface area contributed by atoms with Crippen LogP contribution in [0.3, 0.4) is 0 Å². The fraction of sp³-hybridized carbons (Fsp3) is 0.125. The monoisotopic (exact) mass is 342 g/mol. The first-order chi connectivity index (χ1) is 12.6. The summed E-state index contributed by atoms with van der Waals surface area (Å²) < 4.78 is 0. The zero-order valence-corrected chi connectivity index (χ0v) is 15.0. The number of carbonyl (C=O) groups is 1. The van der Waals surface area contributed by atoms with Crippen LogP contribution in [0.4, 0.5) is 0 Å². The molecule has 0 spiro atoms. The molecule has 0 saturated heterocycles. The molecule has 3 aromatic carbocycles. The highest BCUT2D eigenvalue weighted by Gasteiger charge is 2.24. The van der Waals surface area contributed by atoms with E-state index in [4.69, 9.17) is 0 Å². The Morgan fingerprint density at radius 1 is 0.808 bits per heavy atom. The highest BCUT2D eigenvalue weighted by molar-refractivity contribution is 6.12. The van der Waals surface area contributed by atoms with Gasteiger partial charge in [-0.05, 0) is 42.2 Å². The van der Waals surface area contributed by atoms with Crippen molar-refractivity contribution in [2.45, 2.75) is 20.0 Å². The van der Waals surface area contributed by atoms with Crippen LogP contribution in [0.15, 0.2) is 84.4 Å². The standard InChI is InChI=1S/C24H22O2/c1-17-10-9-11-18(2)22(17)24(26)21(16-19-12-5-3-6-13-19)23(25)20-14-7-4-8-15-20/h3-16,24,26H,1-2H3/b21-16+. The van der Waals surface area contributed by atoms with Gasteiger partial charge in [0.05, 0.1) is 0 Å². The van der Waals surface area contributed by atoms with Crippen molar-refractivity contribution in [3.63, 3.8) is 0 Å². The number of benzene rings is 3. The van der Waals surface area contributed by atoms with Crippen LogP contribution < -0.4 is 0 Å². The van der Waals surface area contributed by atoms with Crippen molar-refractivity contribution in [3.8, 4) is 0 Å². The van der Waals surface area contributed by atoms with E-state index in [0.29, 0.717) is 11.1 Å². The molecule has 3 aromatic rings. The second-order valence-electron chi connectivity index (χ2n) is 6.41. The number of hydrogen-bond donors (Lipinski definition) is 1. The third kappa shape index (κ3) is 3.81. The molecule has 0 heterocycles. The van der Waals surface area contributed by atoms with Crippen molar-refractivity contribution in [3.05, 3.63) is 112 Å². The van der Waals surface area contributed by atoms with Gasteiger partial charge in [0.15, 0.2) is 5.78 Å². The van der Waals surface area contributed by atoms with Crippen LogP contribution in [0.2, 0.25) is 0 Å². The van der Waals surface area contributed by atoms with E-state index in [2.05, 4.69) is 0 Å². The van der Waals surface area contributed by atoms with E-state index in [1.165, 1.54) is 0 Å². The van der Waals surface area contributed by atoms with Crippen LogP contribution in [-0.4, -0.2) is 10.9 Å². The van der Waals surface area contributed by atoms with Gasteiger partial charge in [0.1, 0.15) is 6.10 Å². The van der Waals surface area contributed by atoms with Crippen LogP contribution in [0.1, 0.15) is 38.7 Å². The Bertz CT molecular complexity index is 905. The minimum absolute atomic E-state index is 0.162. The van der Waals surface area contributed by atoms with Gasteiger partial charge in [0.25, 0.3) is 0 Å². The summed E-state index contributed by atoms with van der Waals surface area (Å²) in [5.41, 5.74) is 4.56. The Balaban J connectivity index is 2.12. The Labute approximate surface area is 154 Å². The smallest absolute Gasteiger partial charge is 0.191 e. The molecule has 0 aliphatic rings. The summed E-state index contributed by atoms with van der Waals surface area (Å²) in [5.74, 6) is -0.162. The van der Waals surface area contributed by atoms with Gasteiger partial charge >= 0.3 is 0 Å². The van der Waals surface area contributed by atoms with E-state index >= 15 is 0 Å². The predicted molar refractivity (Wildman–Crippen MR) is 106 cm³/mol. The number of aryl methyl sites for hydroxylation is 2. The first-order valence-electron chi connectivity index (χ1n) is 8.68. The van der Waals surface area contributed by atoms with Gasteiger partial charge in [-0.3, -0.25) is 4.79 Å². The summed E-state index contributed by atoms with van der Waals surface area (Å²) in [4.78, 5) is 13.2. The van der Waals surface area contributed by atoms with E-state index in [1.807, 2.05) is 80.6 Å². The Kier molecular flexibility index (Phi) is 5.45. The predicted octanol–water partition coefficient (Wildman–Crippen LogP) is 5.30. The number of rotatable bonds is 5. The lowest BCUT2D eigenvalue weighted by molar-refractivity contribution is 0.0989. The molecule has 2 nitrogen and oxygen atoms in total. The number of aliphatic hydroxyl groups excluding tert-OH is 1. The van der Waals surface area contributed by atoms with Gasteiger partial charge in [-0.2, -0.15) is 0 Å². The maximum absolute atomic E-state index is 13.2. The molecular formula is C24H22O2. The maximum atomic E-state index is 13.2. The molecule has 1 atom stereocenters. The lowest BCUT2D eigenvalue weighted by Gasteiger charge is -2.19. The first-order valence-corrected chi connectivity index (χ1v) is 8.68. The fourth-order valence-corrected chi connectivity index (χ4v) is 3.17. The summed E-state index contributed by atoms with van der Waals surface area (Å²) in [5, 5.41) is 11.1. The highest BCUT2D eigenvalue weighted by atomic mass is 16.3. The normalized spacial score (nSPS) is 12.7. The number of hydrogen-bond acceptors (Lipinski definition) is 2. The van der Waals surface area contributed by atoms with Crippen molar-refractivity contribution in [2.75, 3.05) is 0 Å². The molecule has 1 unspecified atom stereocenters. The Hall–Kier alpha value is -2.97. The number of Topliss-reactive ketones (excluding diaryl/α,β-unsaturated/α-hetero) is 1. The number of aliphatic hydroxyl groups is 1. The molecule has 0 fully saturated rings. The number of carbonyl (C=O) groups excluding carboxylic acids is 1. The third-order valence-corrected chi connectivity index (χ3v) is 4.53. The molecule has 0 bridgehead atoms. The molecule has 0 amide bonds. The van der Waals surface area contributed by atoms with Crippen LogP contribution in [0.25, 0.3) is 6.08 Å². The quantitative estimate of drug-likeness (QED) is 0.504. The van der Waals surface area contributed by atoms with Gasteiger partial charge in [0.2, 0.25) is 0 Å². The molecule has 0 aliphatic carbocycles. The lowest BCUT2D eigenvalue weighted by atomic mass is 9.88. The third-order valence-electron chi connectivity index (χ3n) is 4.53. The summed E-state index contributed by atoms with van der Waals surface area (Å²) in [6, 6.07) is 24.6. The zero-order valence-electron chi connectivity index (χ0n) is 15.0. The average Bonchev–Trinajstić information content (AvgIpc) is 2.67. The molecule has 2 heteroatoms. The second-order valence-corrected chi connectivity index (χ2v) is 6.41. The topological polar surface area (TPSA) is 37.3 Å². The molecular weight excluding hydrogens is 320 g/mol. The Morgan fingerprint density at radius 2 is 1.35 bits per heavy atom. The van der Waals surface area contributed by atoms with Crippen molar-refractivity contribution in [1.29, 1.82) is 0 Å². The van der Waals surface area contributed by atoms with Crippen LogP contribution in [-0.2, 0) is 0 Å². The minimum atomic E-state index is -0.982. The van der Waals surface area contributed by atoms with Crippen molar-refractivity contribution in [1.82, 2.24) is 0 Å². The maximum Gasteiger partial charge on any atom is 0.191 e. The molecule has 3 rings (SSSR count). The fourth-order valence-electron chi connectivity index (χ4n) is 3.17. The minimum Gasteiger partial charge on any atom is -0.383 e. The van der Waals surface area contributed by atoms with E-state index in [9.17, 15) is 9.90 Å². The highest BCUT2D eigenvalue weighted by Crippen LogP contribution is 2.31. The zero-order chi connectivity index (χ0) is 18.5. The van der Waals surface area contributed by atoms with Crippen molar-refractivity contribution < 1.29 is 9.90 Å². The van der Waals surface area contributed by atoms with Gasteiger partial charge in [-0.25, -0.2) is 0 Å². The van der Waals surface area contributed by atoms with E-state index < -0.39 is 6.10 Å². The summed E-state index contributed by atoms with van der Waals surface area (Å²) in [6.45, 7) is 3.91. The van der Waals surface area contributed by atoms with Gasteiger partial charge in [-0.15, -0.1) is 0 Å².